The van der Waals surface area contributed by atoms with Crippen LogP contribution in [0.25, 0.3) is 0 Å². The minimum Gasteiger partial charge on any atom is -0.465 e. The van der Waals surface area contributed by atoms with Crippen LogP contribution in [0.15, 0.2) is 12.2 Å². The van der Waals surface area contributed by atoms with Crippen LogP contribution in [-0.4, -0.2) is 23.8 Å². The van der Waals surface area contributed by atoms with Crippen LogP contribution in [0.2, 0.25) is 0 Å². The van der Waals surface area contributed by atoms with Crippen molar-refractivity contribution in [2.45, 2.75) is 32.8 Å². The average Bonchev–Trinajstić information content (AvgIpc) is 2.61. The summed E-state index contributed by atoms with van der Waals surface area (Å²) in [5.41, 5.74) is -0.402. The number of aliphatic hydroxyl groups is 1. The van der Waals surface area contributed by atoms with Gasteiger partial charge >= 0.3 is 5.97 Å². The molecule has 1 aliphatic heterocycles. The molecule has 6 atom stereocenters. The maximum Gasteiger partial charge on any atom is 0.312 e. The van der Waals surface area contributed by atoms with Gasteiger partial charge in [0.05, 0.1) is 18.1 Å². The van der Waals surface area contributed by atoms with Crippen LogP contribution in [0.5, 0.6) is 0 Å². The zero-order valence-electron chi connectivity index (χ0n) is 10.4. The van der Waals surface area contributed by atoms with Crippen molar-refractivity contribution in [2.75, 3.05) is 6.61 Å². The Labute approximate surface area is 102 Å². The van der Waals surface area contributed by atoms with Crippen molar-refractivity contribution in [2.24, 2.45) is 29.1 Å². The highest BCUT2D eigenvalue weighted by atomic mass is 16.5. The first-order chi connectivity index (χ1) is 8.05. The Morgan fingerprint density at radius 2 is 2.18 bits per heavy atom. The number of carbonyl (C=O) groups is 1. The quantitative estimate of drug-likeness (QED) is 0.515. The first kappa shape index (κ1) is 11.3. The zero-order chi connectivity index (χ0) is 12.2. The lowest BCUT2D eigenvalue weighted by atomic mass is 9.55. The van der Waals surface area contributed by atoms with Crippen LogP contribution in [0.3, 0.4) is 0 Å². The molecule has 0 aromatic carbocycles. The third kappa shape index (κ3) is 1.35. The van der Waals surface area contributed by atoms with Gasteiger partial charge in [-0.05, 0) is 31.6 Å². The van der Waals surface area contributed by atoms with Crippen LogP contribution >= 0.6 is 0 Å². The van der Waals surface area contributed by atoms with Gasteiger partial charge in [-0.1, -0.05) is 19.1 Å². The molecule has 1 N–H and O–H groups in total. The van der Waals surface area contributed by atoms with Crippen LogP contribution < -0.4 is 0 Å². The summed E-state index contributed by atoms with van der Waals surface area (Å²) in [5.74, 6) is 0.850. The number of hydrogen-bond donors (Lipinski definition) is 1. The van der Waals surface area contributed by atoms with Crippen molar-refractivity contribution in [1.29, 1.82) is 0 Å². The molecule has 2 aliphatic carbocycles. The molecule has 3 nitrogen and oxygen atoms in total. The predicted molar refractivity (Wildman–Crippen MR) is 63.1 cm³/mol. The van der Waals surface area contributed by atoms with E-state index in [1.54, 1.807) is 0 Å². The molecule has 0 aromatic heterocycles. The van der Waals surface area contributed by atoms with E-state index in [-0.39, 0.29) is 29.8 Å². The van der Waals surface area contributed by atoms with Crippen LogP contribution in [0, 0.1) is 29.1 Å². The molecule has 17 heavy (non-hydrogen) atoms. The molecule has 3 aliphatic rings. The molecule has 0 bridgehead atoms. The number of cyclic esters (lactones) is 1. The summed E-state index contributed by atoms with van der Waals surface area (Å²) in [7, 11) is 0. The number of ether oxygens (including phenoxy) is 1. The molecule has 3 rings (SSSR count). The molecule has 0 spiro atoms. The van der Waals surface area contributed by atoms with Crippen molar-refractivity contribution < 1.29 is 14.6 Å². The topological polar surface area (TPSA) is 46.5 Å². The molecule has 1 saturated heterocycles. The van der Waals surface area contributed by atoms with Crippen LogP contribution in [0.4, 0.5) is 0 Å². The van der Waals surface area contributed by atoms with Gasteiger partial charge in [-0.2, -0.15) is 0 Å². The maximum atomic E-state index is 12.0. The van der Waals surface area contributed by atoms with E-state index in [1.165, 1.54) is 0 Å². The van der Waals surface area contributed by atoms with E-state index >= 15 is 0 Å². The number of carbonyl (C=O) groups excluding carboxylic acids is 1. The second-order valence-electron chi connectivity index (χ2n) is 6.10. The van der Waals surface area contributed by atoms with Crippen LogP contribution in [-0.2, 0) is 9.53 Å². The number of hydrogen-bond acceptors (Lipinski definition) is 3. The molecule has 1 saturated carbocycles. The summed E-state index contributed by atoms with van der Waals surface area (Å²) in [6.07, 6.45) is 5.93. The van der Waals surface area contributed by atoms with E-state index in [4.69, 9.17) is 4.74 Å². The maximum absolute atomic E-state index is 12.0. The first-order valence-corrected chi connectivity index (χ1v) is 6.58. The Morgan fingerprint density at radius 1 is 1.41 bits per heavy atom. The van der Waals surface area contributed by atoms with Crippen molar-refractivity contribution in [3.8, 4) is 0 Å². The van der Waals surface area contributed by atoms with Crippen molar-refractivity contribution >= 4 is 5.97 Å². The molecule has 3 heteroatoms. The Hall–Kier alpha value is -0.830. The molecule has 94 valence electrons. The number of esters is 1. The second-order valence-corrected chi connectivity index (χ2v) is 6.10. The van der Waals surface area contributed by atoms with E-state index in [0.717, 1.165) is 12.8 Å². The van der Waals surface area contributed by atoms with Gasteiger partial charge < -0.3 is 9.84 Å². The van der Waals surface area contributed by atoms with Crippen molar-refractivity contribution in [3.63, 3.8) is 0 Å². The van der Waals surface area contributed by atoms with Gasteiger partial charge in [0.15, 0.2) is 0 Å². The van der Waals surface area contributed by atoms with E-state index < -0.39 is 5.41 Å². The molecule has 2 fully saturated rings. The van der Waals surface area contributed by atoms with Gasteiger partial charge in [-0.25, -0.2) is 0 Å². The fraction of sp³-hybridized carbons (Fsp3) is 0.786. The van der Waals surface area contributed by atoms with Crippen LogP contribution in [0.1, 0.15) is 26.7 Å². The minimum atomic E-state index is -0.402. The summed E-state index contributed by atoms with van der Waals surface area (Å²) < 4.78 is 5.24. The average molecular weight is 236 g/mol. The van der Waals surface area contributed by atoms with Gasteiger partial charge in [-0.15, -0.1) is 0 Å². The minimum absolute atomic E-state index is 0.0661. The highest BCUT2D eigenvalue weighted by Crippen LogP contribution is 2.54. The van der Waals surface area contributed by atoms with Gasteiger partial charge in [0.2, 0.25) is 0 Å². The van der Waals surface area contributed by atoms with E-state index in [9.17, 15) is 9.90 Å². The lowest BCUT2D eigenvalue weighted by Crippen LogP contribution is -2.50. The third-order valence-corrected chi connectivity index (χ3v) is 5.31. The molecule has 0 aromatic rings. The van der Waals surface area contributed by atoms with Gasteiger partial charge in [0, 0.05) is 11.8 Å². The highest BCUT2D eigenvalue weighted by Gasteiger charge is 2.58. The molecular weight excluding hydrogens is 216 g/mol. The van der Waals surface area contributed by atoms with Crippen molar-refractivity contribution in [1.82, 2.24) is 0 Å². The SMILES string of the molecule is C[C@H]1CC[C@H]2[C@@H](C=C[C@@H]3COC(=O)[C@@]32C)[C@@H]1O. The molecular formula is C14H20O3. The predicted octanol–water partition coefficient (Wildman–Crippen LogP) is 1.76. The first-order valence-electron chi connectivity index (χ1n) is 6.58. The highest BCUT2D eigenvalue weighted by molar-refractivity contribution is 5.80. The Kier molecular flexibility index (Phi) is 2.37. The summed E-state index contributed by atoms with van der Waals surface area (Å²) in [6, 6.07) is 0. The van der Waals surface area contributed by atoms with Gasteiger partial charge in [0.1, 0.15) is 0 Å². The van der Waals surface area contributed by atoms with E-state index in [1.807, 2.05) is 6.92 Å². The van der Waals surface area contributed by atoms with Crippen molar-refractivity contribution in [3.05, 3.63) is 12.2 Å². The summed E-state index contributed by atoms with van der Waals surface area (Å²) >= 11 is 0. The molecule has 0 radical (unpaired) electrons. The molecule has 1 heterocycles. The fourth-order valence-electron chi connectivity index (χ4n) is 3.96. The lowest BCUT2D eigenvalue weighted by molar-refractivity contribution is -0.152. The summed E-state index contributed by atoms with van der Waals surface area (Å²) in [4.78, 5) is 12.0. The standard InChI is InChI=1S/C14H20O3/c1-8-3-6-11-10(12(8)15)5-4-9-7-17-13(16)14(9,11)2/h4-5,8-12,15H,3,6-7H2,1-2H3/t8-,9+,10+,11-,12+,14-/m0/s1. The Balaban J connectivity index is 1.99. The number of rotatable bonds is 0. The monoisotopic (exact) mass is 236 g/mol. The summed E-state index contributed by atoms with van der Waals surface area (Å²) in [5, 5.41) is 10.3. The number of fused-ring (bicyclic) bond motifs is 3. The van der Waals surface area contributed by atoms with Gasteiger partial charge in [0.25, 0.3) is 0 Å². The molecule has 0 unspecified atom stereocenters. The smallest absolute Gasteiger partial charge is 0.312 e. The van der Waals surface area contributed by atoms with Gasteiger partial charge in [-0.3, -0.25) is 4.79 Å². The largest absolute Gasteiger partial charge is 0.465 e. The second kappa shape index (κ2) is 3.58. The zero-order valence-corrected chi connectivity index (χ0v) is 10.4. The third-order valence-electron chi connectivity index (χ3n) is 5.31. The normalized spacial score (nSPS) is 52.9. The van der Waals surface area contributed by atoms with E-state index in [0.29, 0.717) is 12.5 Å². The number of aliphatic hydroxyl groups excluding tert-OH is 1. The lowest BCUT2D eigenvalue weighted by Gasteiger charge is -2.47. The van der Waals surface area contributed by atoms with E-state index in [2.05, 4.69) is 19.1 Å². The Morgan fingerprint density at radius 3 is 2.94 bits per heavy atom. The Bertz CT molecular complexity index is 376. The fourth-order valence-corrected chi connectivity index (χ4v) is 3.96. The molecule has 0 amide bonds. The summed E-state index contributed by atoms with van der Waals surface area (Å²) in [6.45, 7) is 4.63.